The lowest BCUT2D eigenvalue weighted by molar-refractivity contribution is -0.0266. The molecule has 3 aliphatic rings. The molecule has 36 heavy (non-hydrogen) atoms. The number of hydrogen-bond acceptors (Lipinski definition) is 9. The van der Waals surface area contributed by atoms with Gasteiger partial charge in [-0.05, 0) is 38.2 Å². The summed E-state index contributed by atoms with van der Waals surface area (Å²) >= 11 is 1.87. The van der Waals surface area contributed by atoms with E-state index in [0.29, 0.717) is 40.1 Å². The molecule has 0 atom stereocenters. The zero-order valence-corrected chi connectivity index (χ0v) is 21.5. The van der Waals surface area contributed by atoms with Crippen molar-refractivity contribution in [3.8, 4) is 0 Å². The minimum atomic E-state index is -2.56. The van der Waals surface area contributed by atoms with Crippen LogP contribution in [0.4, 0.5) is 32.1 Å². The predicted molar refractivity (Wildman–Crippen MR) is 142 cm³/mol. The van der Waals surface area contributed by atoms with E-state index < -0.39 is 6.43 Å². The van der Waals surface area contributed by atoms with Gasteiger partial charge in [0.1, 0.15) is 11.6 Å². The highest BCUT2D eigenvalue weighted by atomic mass is 32.2. The molecule has 0 amide bonds. The summed E-state index contributed by atoms with van der Waals surface area (Å²) in [4.78, 5) is 14.2. The number of morpholine rings is 1. The van der Waals surface area contributed by atoms with E-state index in [1.807, 2.05) is 11.8 Å². The molecule has 11 heteroatoms. The molecule has 5 rings (SSSR count). The Morgan fingerprint density at radius 2 is 1.97 bits per heavy atom. The van der Waals surface area contributed by atoms with E-state index >= 15 is 0 Å². The van der Waals surface area contributed by atoms with Crippen molar-refractivity contribution in [1.29, 1.82) is 5.41 Å². The monoisotopic (exact) mass is 517 g/mol. The average Bonchev–Trinajstić information content (AvgIpc) is 2.84. The van der Waals surface area contributed by atoms with Crippen LogP contribution in [0.1, 0.15) is 37.3 Å². The number of nitrogens with zero attached hydrogens (tertiary/aromatic N) is 4. The Labute approximate surface area is 214 Å². The standard InChI is InChI=1S/C25H33F2N7OS/c1-25(34-6-8-35-9-7-34)14-33(15-25)23-20(13-28)22(29-17-5-3-4-16(10-17)21(26)27)31-24(32-23)30-18-11-19(12-18)36-2/h3-5,10,13,18-19,21,28H,6-9,11-12,14-15H2,1-2H3,(H2,29,30,31,32). The fourth-order valence-electron chi connectivity index (χ4n) is 5.17. The molecule has 3 fully saturated rings. The summed E-state index contributed by atoms with van der Waals surface area (Å²) in [5.41, 5.74) is 0.994. The Balaban J connectivity index is 1.42. The van der Waals surface area contributed by atoms with Crippen LogP contribution in [-0.2, 0) is 4.74 Å². The highest BCUT2D eigenvalue weighted by molar-refractivity contribution is 7.99. The van der Waals surface area contributed by atoms with Crippen LogP contribution < -0.4 is 15.5 Å². The molecule has 8 nitrogen and oxygen atoms in total. The third kappa shape index (κ3) is 5.14. The molecule has 3 N–H and O–H groups in total. The SMILES string of the molecule is CSC1CC(Nc2nc(Nc3cccc(C(F)F)c3)c(C=N)c(N3CC(C)(N4CCOCC4)C3)n2)C1. The summed E-state index contributed by atoms with van der Waals surface area (Å²) in [6.45, 7) is 7.12. The summed E-state index contributed by atoms with van der Waals surface area (Å²) < 4.78 is 32.1. The smallest absolute Gasteiger partial charge is 0.263 e. The topological polar surface area (TPSA) is 89.4 Å². The van der Waals surface area contributed by atoms with E-state index in [4.69, 9.17) is 15.1 Å². The van der Waals surface area contributed by atoms with Gasteiger partial charge in [-0.15, -0.1) is 0 Å². The third-order valence-electron chi connectivity index (χ3n) is 7.37. The van der Waals surface area contributed by atoms with Crippen molar-refractivity contribution in [2.75, 3.05) is 61.2 Å². The van der Waals surface area contributed by atoms with E-state index in [1.54, 1.807) is 12.1 Å². The van der Waals surface area contributed by atoms with Crippen molar-refractivity contribution >= 4 is 41.2 Å². The molecular formula is C25H33F2N7OS. The first kappa shape index (κ1) is 25.2. The fraction of sp³-hybridized carbons (Fsp3) is 0.560. The van der Waals surface area contributed by atoms with Gasteiger partial charge in [0.15, 0.2) is 0 Å². The van der Waals surface area contributed by atoms with Crippen molar-refractivity contribution in [2.24, 2.45) is 0 Å². The van der Waals surface area contributed by atoms with E-state index in [9.17, 15) is 8.78 Å². The van der Waals surface area contributed by atoms with Gasteiger partial charge in [0, 0.05) is 54.9 Å². The molecule has 1 aromatic carbocycles. The zero-order valence-electron chi connectivity index (χ0n) is 20.6. The molecule has 2 aromatic rings. The Kier molecular flexibility index (Phi) is 7.32. The molecule has 0 radical (unpaired) electrons. The van der Waals surface area contributed by atoms with Gasteiger partial charge in [-0.25, -0.2) is 8.78 Å². The third-order valence-corrected chi connectivity index (χ3v) is 8.42. The molecule has 1 aromatic heterocycles. The van der Waals surface area contributed by atoms with Crippen LogP contribution in [0.3, 0.4) is 0 Å². The van der Waals surface area contributed by atoms with E-state index in [1.165, 1.54) is 18.3 Å². The van der Waals surface area contributed by atoms with Crippen molar-refractivity contribution in [3.63, 3.8) is 0 Å². The normalized spacial score (nSPS) is 23.6. The van der Waals surface area contributed by atoms with Crippen molar-refractivity contribution in [3.05, 3.63) is 35.4 Å². The van der Waals surface area contributed by atoms with Crippen molar-refractivity contribution in [2.45, 2.75) is 43.0 Å². The number of rotatable bonds is 9. The maximum Gasteiger partial charge on any atom is 0.263 e. The fourth-order valence-corrected chi connectivity index (χ4v) is 6.02. The number of thioether (sulfide) groups is 1. The van der Waals surface area contributed by atoms with Gasteiger partial charge in [-0.2, -0.15) is 21.7 Å². The molecule has 2 aliphatic heterocycles. The highest BCUT2D eigenvalue weighted by Gasteiger charge is 2.45. The molecule has 3 heterocycles. The second-order valence-corrected chi connectivity index (χ2v) is 11.1. The lowest BCUT2D eigenvalue weighted by Crippen LogP contribution is -2.70. The molecular weight excluding hydrogens is 484 g/mol. The molecule has 2 saturated heterocycles. The summed E-state index contributed by atoms with van der Waals surface area (Å²) in [5.74, 6) is 1.61. The summed E-state index contributed by atoms with van der Waals surface area (Å²) in [7, 11) is 0. The van der Waals surface area contributed by atoms with Crippen LogP contribution in [-0.4, -0.2) is 83.6 Å². The van der Waals surface area contributed by atoms with Crippen molar-refractivity contribution < 1.29 is 13.5 Å². The second kappa shape index (κ2) is 10.5. The van der Waals surface area contributed by atoms with Gasteiger partial charge in [0.25, 0.3) is 6.43 Å². The van der Waals surface area contributed by atoms with Crippen LogP contribution >= 0.6 is 11.8 Å². The number of halogens is 2. The molecule has 0 spiro atoms. The Morgan fingerprint density at radius 1 is 1.22 bits per heavy atom. The van der Waals surface area contributed by atoms with Crippen LogP contribution in [0.25, 0.3) is 0 Å². The minimum Gasteiger partial charge on any atom is -0.379 e. The summed E-state index contributed by atoms with van der Waals surface area (Å²) in [6.07, 6.45) is 2.90. The first-order chi connectivity index (χ1) is 17.4. The number of aromatic nitrogens is 2. The lowest BCUT2D eigenvalue weighted by Gasteiger charge is -2.55. The van der Waals surface area contributed by atoms with Gasteiger partial charge in [0.2, 0.25) is 5.95 Å². The quantitative estimate of drug-likeness (QED) is 0.423. The van der Waals surface area contributed by atoms with Crippen molar-refractivity contribution in [1.82, 2.24) is 14.9 Å². The lowest BCUT2D eigenvalue weighted by atomic mass is 9.89. The first-order valence-electron chi connectivity index (χ1n) is 12.3. The maximum atomic E-state index is 13.3. The molecule has 0 unspecified atom stereocenters. The number of alkyl halides is 2. The average molecular weight is 518 g/mol. The Bertz CT molecular complexity index is 1090. The van der Waals surface area contributed by atoms with Gasteiger partial charge >= 0.3 is 0 Å². The van der Waals surface area contributed by atoms with E-state index in [0.717, 1.165) is 52.2 Å². The van der Waals surface area contributed by atoms with E-state index in [2.05, 4.69) is 38.6 Å². The largest absolute Gasteiger partial charge is 0.379 e. The Hall–Kier alpha value is -2.50. The van der Waals surface area contributed by atoms with Gasteiger partial charge in [-0.3, -0.25) is 4.90 Å². The zero-order chi connectivity index (χ0) is 25.3. The van der Waals surface area contributed by atoms with Crippen LogP contribution in [0.2, 0.25) is 0 Å². The predicted octanol–water partition coefficient (Wildman–Crippen LogP) is 4.37. The van der Waals surface area contributed by atoms with Crippen LogP contribution in [0, 0.1) is 5.41 Å². The van der Waals surface area contributed by atoms with E-state index in [-0.39, 0.29) is 11.1 Å². The second-order valence-electron chi connectivity index (χ2n) is 9.95. The van der Waals surface area contributed by atoms with Gasteiger partial charge in [-0.1, -0.05) is 12.1 Å². The summed E-state index contributed by atoms with van der Waals surface area (Å²) in [5, 5.41) is 15.4. The molecule has 1 aliphatic carbocycles. The first-order valence-corrected chi connectivity index (χ1v) is 13.6. The minimum absolute atomic E-state index is 0.0142. The number of benzene rings is 1. The van der Waals surface area contributed by atoms with Crippen LogP contribution in [0.5, 0.6) is 0 Å². The van der Waals surface area contributed by atoms with Gasteiger partial charge < -0.3 is 25.7 Å². The number of ether oxygens (including phenoxy) is 1. The maximum absolute atomic E-state index is 13.3. The highest BCUT2D eigenvalue weighted by Crippen LogP contribution is 2.37. The van der Waals surface area contributed by atoms with Gasteiger partial charge in [0.05, 0.1) is 24.3 Å². The number of nitrogens with one attached hydrogen (secondary N) is 3. The number of anilines is 4. The molecule has 0 bridgehead atoms. The Morgan fingerprint density at radius 3 is 2.64 bits per heavy atom. The molecule has 194 valence electrons. The number of hydrogen-bond donors (Lipinski definition) is 3. The molecule has 1 saturated carbocycles. The van der Waals surface area contributed by atoms with Crippen LogP contribution in [0.15, 0.2) is 24.3 Å². The summed E-state index contributed by atoms with van der Waals surface area (Å²) in [6, 6.07) is 6.43.